The molecule has 0 aromatic heterocycles. The maximum Gasteiger partial charge on any atom is 0.188 e. The zero-order valence-electron chi connectivity index (χ0n) is 10.8. The Morgan fingerprint density at radius 2 is 2.16 bits per heavy atom. The van der Waals surface area contributed by atoms with E-state index in [0.29, 0.717) is 19.0 Å². The number of guanidine groups is 1. The van der Waals surface area contributed by atoms with E-state index in [1.165, 1.54) is 12.1 Å². The summed E-state index contributed by atoms with van der Waals surface area (Å²) in [6.45, 7) is 4.50. The van der Waals surface area contributed by atoms with E-state index >= 15 is 0 Å². The molecule has 0 aliphatic heterocycles. The Morgan fingerprint density at radius 1 is 1.53 bits per heavy atom. The number of aliphatic imine (C=N–C) groups is 1. The number of hydrogen-bond donors (Lipinski definition) is 2. The molecule has 1 unspecified atom stereocenters. The highest BCUT2D eigenvalue weighted by Crippen LogP contribution is 2.17. The fourth-order valence-corrected chi connectivity index (χ4v) is 1.41. The van der Waals surface area contributed by atoms with Gasteiger partial charge in [0, 0.05) is 13.7 Å². The van der Waals surface area contributed by atoms with Crippen molar-refractivity contribution >= 4 is 29.9 Å². The van der Waals surface area contributed by atoms with Gasteiger partial charge in [0.1, 0.15) is 11.9 Å². The average Bonchev–Trinajstić information content (AvgIpc) is 2.39. The zero-order chi connectivity index (χ0) is 13.4. The summed E-state index contributed by atoms with van der Waals surface area (Å²) in [5, 5.41) is 2.87. The fourth-order valence-electron chi connectivity index (χ4n) is 1.41. The van der Waals surface area contributed by atoms with Crippen LogP contribution in [0.1, 0.15) is 11.7 Å². The first-order valence-electron chi connectivity index (χ1n) is 5.60. The van der Waals surface area contributed by atoms with Crippen LogP contribution in [0.4, 0.5) is 4.39 Å². The fraction of sp³-hybridized carbons (Fsp3) is 0.308. The van der Waals surface area contributed by atoms with Crippen LogP contribution in [0.25, 0.3) is 0 Å². The number of nitrogens with two attached hydrogens (primary N) is 1. The average molecular weight is 379 g/mol. The molecule has 0 aliphatic rings. The third-order valence-corrected chi connectivity index (χ3v) is 2.38. The number of methoxy groups -OCH3 is 1. The van der Waals surface area contributed by atoms with Gasteiger partial charge in [0.25, 0.3) is 0 Å². The van der Waals surface area contributed by atoms with Gasteiger partial charge in [-0.15, -0.1) is 30.6 Å². The van der Waals surface area contributed by atoms with Crippen LogP contribution in [-0.4, -0.2) is 26.2 Å². The second-order valence-corrected chi connectivity index (χ2v) is 3.67. The predicted molar refractivity (Wildman–Crippen MR) is 86.3 cm³/mol. The topological polar surface area (TPSA) is 59.6 Å². The lowest BCUT2D eigenvalue weighted by Gasteiger charge is -2.13. The van der Waals surface area contributed by atoms with Crippen LogP contribution in [0.3, 0.4) is 0 Å². The van der Waals surface area contributed by atoms with Gasteiger partial charge < -0.3 is 15.8 Å². The lowest BCUT2D eigenvalue weighted by molar-refractivity contribution is 0.111. The molecule has 4 nitrogen and oxygen atoms in total. The molecule has 1 aromatic rings. The van der Waals surface area contributed by atoms with Crippen LogP contribution >= 0.6 is 24.0 Å². The molecule has 6 heteroatoms. The van der Waals surface area contributed by atoms with E-state index in [2.05, 4.69) is 16.9 Å². The van der Waals surface area contributed by atoms with E-state index < -0.39 is 0 Å². The third-order valence-electron chi connectivity index (χ3n) is 2.38. The van der Waals surface area contributed by atoms with E-state index in [4.69, 9.17) is 10.5 Å². The molecule has 0 bridgehead atoms. The van der Waals surface area contributed by atoms with Crippen molar-refractivity contribution in [2.45, 2.75) is 6.10 Å². The number of benzene rings is 1. The smallest absolute Gasteiger partial charge is 0.188 e. The number of nitrogens with zero attached hydrogens (tertiary/aromatic N) is 1. The van der Waals surface area contributed by atoms with Crippen LogP contribution in [0.5, 0.6) is 0 Å². The molecule has 1 atom stereocenters. The molecule has 0 saturated heterocycles. The largest absolute Gasteiger partial charge is 0.375 e. The molecular weight excluding hydrogens is 360 g/mol. The summed E-state index contributed by atoms with van der Waals surface area (Å²) < 4.78 is 18.1. The summed E-state index contributed by atoms with van der Waals surface area (Å²) in [4.78, 5) is 4.15. The van der Waals surface area contributed by atoms with Gasteiger partial charge in [-0.3, -0.25) is 4.99 Å². The van der Waals surface area contributed by atoms with Gasteiger partial charge in [0.05, 0.1) is 6.54 Å². The molecule has 1 aromatic carbocycles. The van der Waals surface area contributed by atoms with Gasteiger partial charge in [-0.05, 0) is 17.7 Å². The SMILES string of the molecule is C=CCNC(N)=NCC(OC)c1ccc(F)cc1.I. The number of halogens is 2. The van der Waals surface area contributed by atoms with E-state index in [-0.39, 0.29) is 35.9 Å². The van der Waals surface area contributed by atoms with Crippen molar-refractivity contribution in [3.8, 4) is 0 Å². The van der Waals surface area contributed by atoms with Crippen molar-refractivity contribution in [2.75, 3.05) is 20.2 Å². The zero-order valence-corrected chi connectivity index (χ0v) is 13.1. The Morgan fingerprint density at radius 3 is 2.68 bits per heavy atom. The molecule has 3 N–H and O–H groups in total. The lowest BCUT2D eigenvalue weighted by Crippen LogP contribution is -2.32. The summed E-state index contributed by atoms with van der Waals surface area (Å²) in [6, 6.07) is 6.13. The maximum atomic E-state index is 12.8. The highest BCUT2D eigenvalue weighted by atomic mass is 127. The number of ether oxygens (including phenoxy) is 1. The minimum atomic E-state index is -0.274. The first-order chi connectivity index (χ1) is 8.67. The van der Waals surface area contributed by atoms with Crippen molar-refractivity contribution in [1.29, 1.82) is 0 Å². The molecule has 0 radical (unpaired) electrons. The normalized spacial score (nSPS) is 12.4. The van der Waals surface area contributed by atoms with Crippen molar-refractivity contribution in [1.82, 2.24) is 5.32 Å². The Labute approximate surface area is 130 Å². The van der Waals surface area contributed by atoms with Crippen molar-refractivity contribution in [3.63, 3.8) is 0 Å². The molecule has 0 heterocycles. The van der Waals surface area contributed by atoms with Crippen molar-refractivity contribution in [3.05, 3.63) is 48.3 Å². The van der Waals surface area contributed by atoms with E-state index in [1.54, 1.807) is 25.3 Å². The van der Waals surface area contributed by atoms with Gasteiger partial charge in [0.2, 0.25) is 0 Å². The van der Waals surface area contributed by atoms with Gasteiger partial charge in [-0.2, -0.15) is 0 Å². The number of hydrogen-bond acceptors (Lipinski definition) is 2. The summed E-state index contributed by atoms with van der Waals surface area (Å²) in [5.41, 5.74) is 6.50. The Bertz CT molecular complexity index is 409. The van der Waals surface area contributed by atoms with Gasteiger partial charge in [-0.25, -0.2) is 4.39 Å². The van der Waals surface area contributed by atoms with Crippen molar-refractivity contribution in [2.24, 2.45) is 10.7 Å². The van der Waals surface area contributed by atoms with Gasteiger partial charge in [0.15, 0.2) is 5.96 Å². The van der Waals surface area contributed by atoms with Crippen LogP contribution < -0.4 is 11.1 Å². The van der Waals surface area contributed by atoms with Crippen LogP contribution in [0.15, 0.2) is 41.9 Å². The quantitative estimate of drug-likeness (QED) is 0.345. The molecule has 19 heavy (non-hydrogen) atoms. The Hall–Kier alpha value is -1.15. The summed E-state index contributed by atoms with van der Waals surface area (Å²) in [7, 11) is 1.58. The molecule has 0 aliphatic carbocycles. The summed E-state index contributed by atoms with van der Waals surface area (Å²) in [5.74, 6) is 0.0586. The van der Waals surface area contributed by atoms with Crippen molar-refractivity contribution < 1.29 is 9.13 Å². The lowest BCUT2D eigenvalue weighted by atomic mass is 10.1. The summed E-state index contributed by atoms with van der Waals surface area (Å²) >= 11 is 0. The first-order valence-corrected chi connectivity index (χ1v) is 5.60. The molecule has 0 amide bonds. The molecule has 0 fully saturated rings. The van der Waals surface area contributed by atoms with E-state index in [1.807, 2.05) is 0 Å². The second kappa shape index (κ2) is 9.74. The second-order valence-electron chi connectivity index (χ2n) is 3.67. The van der Waals surface area contributed by atoms with Gasteiger partial charge in [-0.1, -0.05) is 18.2 Å². The minimum Gasteiger partial charge on any atom is -0.375 e. The highest BCUT2D eigenvalue weighted by molar-refractivity contribution is 14.0. The molecule has 0 saturated carbocycles. The summed E-state index contributed by atoms with van der Waals surface area (Å²) in [6.07, 6.45) is 1.45. The maximum absolute atomic E-state index is 12.8. The Kier molecular flexibility index (Phi) is 9.15. The number of nitrogens with one attached hydrogen (secondary N) is 1. The minimum absolute atomic E-state index is 0. The molecular formula is C13H19FIN3O. The van der Waals surface area contributed by atoms with Crippen LogP contribution in [0.2, 0.25) is 0 Å². The predicted octanol–water partition coefficient (Wildman–Crippen LogP) is 2.22. The van der Waals surface area contributed by atoms with E-state index in [9.17, 15) is 4.39 Å². The molecule has 0 spiro atoms. The molecule has 106 valence electrons. The first kappa shape index (κ1) is 17.8. The van der Waals surface area contributed by atoms with E-state index in [0.717, 1.165) is 5.56 Å². The highest BCUT2D eigenvalue weighted by Gasteiger charge is 2.09. The number of rotatable bonds is 6. The standard InChI is InChI=1S/C13H18FN3O.HI/c1-3-8-16-13(15)17-9-12(18-2)10-4-6-11(14)7-5-10;/h3-7,12H,1,8-9H2,2H3,(H3,15,16,17);1H. The van der Waals surface area contributed by atoms with Gasteiger partial charge >= 0.3 is 0 Å². The monoisotopic (exact) mass is 379 g/mol. The molecule has 1 rings (SSSR count). The van der Waals surface area contributed by atoms with Crippen LogP contribution in [-0.2, 0) is 4.74 Å². The van der Waals surface area contributed by atoms with Crippen LogP contribution in [0, 0.1) is 5.82 Å². The third kappa shape index (κ3) is 6.53. The Balaban J connectivity index is 0.00000324.